The molecule has 27 heavy (non-hydrogen) atoms. The summed E-state index contributed by atoms with van der Waals surface area (Å²) in [6.45, 7) is 2.48. The number of aromatic nitrogens is 3. The van der Waals surface area contributed by atoms with Crippen molar-refractivity contribution in [2.75, 3.05) is 0 Å². The zero-order valence-corrected chi connectivity index (χ0v) is 15.1. The van der Waals surface area contributed by atoms with Crippen molar-refractivity contribution >= 4 is 5.91 Å². The van der Waals surface area contributed by atoms with Crippen LogP contribution in [0.3, 0.4) is 0 Å². The molecule has 1 saturated carbocycles. The highest BCUT2D eigenvalue weighted by molar-refractivity contribution is 5.92. The Morgan fingerprint density at radius 3 is 2.85 bits per heavy atom. The first-order valence-electron chi connectivity index (χ1n) is 9.13. The summed E-state index contributed by atoms with van der Waals surface area (Å²) in [5.74, 6) is 0.417. The Labute approximate surface area is 157 Å². The number of hydrogen-bond donors (Lipinski definition) is 2. The lowest BCUT2D eigenvalue weighted by Gasteiger charge is -2.35. The number of hydrogen-bond acceptors (Lipinski definition) is 5. The number of aliphatic hydroxyl groups is 1. The molecule has 0 bridgehead atoms. The Kier molecular flexibility index (Phi) is 4.77. The number of carbonyl (C=O) groups is 1. The van der Waals surface area contributed by atoms with E-state index in [9.17, 15) is 9.90 Å². The van der Waals surface area contributed by atoms with Gasteiger partial charge >= 0.3 is 0 Å². The Hall–Kier alpha value is -2.93. The van der Waals surface area contributed by atoms with Crippen LogP contribution in [-0.2, 0) is 6.54 Å². The van der Waals surface area contributed by atoms with Crippen molar-refractivity contribution in [1.29, 1.82) is 0 Å². The molecular formula is C20H22N4O3. The number of aliphatic hydroxyl groups excluding tert-OH is 1. The molecule has 2 aromatic heterocycles. The topological polar surface area (TPSA) is 93.2 Å². The first-order chi connectivity index (χ1) is 13.1. The van der Waals surface area contributed by atoms with Crippen LogP contribution in [0.5, 0.6) is 0 Å². The summed E-state index contributed by atoms with van der Waals surface area (Å²) in [7, 11) is 0. The van der Waals surface area contributed by atoms with E-state index in [2.05, 4.69) is 15.6 Å². The van der Waals surface area contributed by atoms with Crippen LogP contribution in [0.1, 0.15) is 42.1 Å². The fourth-order valence-electron chi connectivity index (χ4n) is 3.48. The Morgan fingerprint density at radius 1 is 1.33 bits per heavy atom. The van der Waals surface area contributed by atoms with Crippen molar-refractivity contribution in [3.05, 3.63) is 60.1 Å². The van der Waals surface area contributed by atoms with E-state index >= 15 is 0 Å². The number of nitrogens with zero attached hydrogens (tertiary/aromatic N) is 3. The number of carbonyl (C=O) groups excluding carboxylic acids is 1. The normalized spacial score (nSPS) is 20.1. The predicted octanol–water partition coefficient (Wildman–Crippen LogP) is 2.80. The summed E-state index contributed by atoms with van der Waals surface area (Å²) in [6.07, 6.45) is 2.93. The molecule has 0 saturated heterocycles. The van der Waals surface area contributed by atoms with Gasteiger partial charge in [0, 0.05) is 30.4 Å². The third-order valence-corrected chi connectivity index (χ3v) is 4.98. The van der Waals surface area contributed by atoms with Gasteiger partial charge in [0.25, 0.3) is 5.91 Å². The zero-order valence-electron chi connectivity index (χ0n) is 15.1. The minimum atomic E-state index is -0.534. The molecule has 1 aliphatic carbocycles. The molecule has 1 amide bonds. The molecule has 2 N–H and O–H groups in total. The SMILES string of the molecule is C[C@@H](O)c1ccnn1C[C@H]1C[C@H](NC(=O)c2cc(-c3ccccc3)no2)C1. The number of nitrogens with one attached hydrogen (secondary N) is 1. The van der Waals surface area contributed by atoms with Gasteiger partial charge < -0.3 is 14.9 Å². The van der Waals surface area contributed by atoms with Gasteiger partial charge in [-0.2, -0.15) is 5.10 Å². The summed E-state index contributed by atoms with van der Waals surface area (Å²) < 4.78 is 7.04. The molecule has 1 aliphatic rings. The van der Waals surface area contributed by atoms with E-state index in [1.165, 1.54) is 0 Å². The molecule has 4 rings (SSSR count). The van der Waals surface area contributed by atoms with Gasteiger partial charge in [0.05, 0.1) is 11.8 Å². The van der Waals surface area contributed by atoms with E-state index in [1.54, 1.807) is 19.2 Å². The second kappa shape index (κ2) is 7.36. The molecule has 140 valence electrons. The maximum atomic E-state index is 12.4. The van der Waals surface area contributed by atoms with Crippen LogP contribution in [-0.4, -0.2) is 32.0 Å². The fraction of sp³-hybridized carbons (Fsp3) is 0.350. The van der Waals surface area contributed by atoms with E-state index in [0.29, 0.717) is 11.6 Å². The summed E-state index contributed by atoms with van der Waals surface area (Å²) in [6, 6.07) is 13.2. The lowest BCUT2D eigenvalue weighted by molar-refractivity contribution is 0.0840. The number of amides is 1. The minimum Gasteiger partial charge on any atom is -0.387 e. The molecule has 3 aromatic rings. The van der Waals surface area contributed by atoms with Gasteiger partial charge in [0.1, 0.15) is 5.69 Å². The van der Waals surface area contributed by atoms with Crippen LogP contribution in [0.2, 0.25) is 0 Å². The summed E-state index contributed by atoms with van der Waals surface area (Å²) in [5, 5.41) is 21.0. The molecule has 0 unspecified atom stereocenters. The predicted molar refractivity (Wildman–Crippen MR) is 98.8 cm³/mol. The largest absolute Gasteiger partial charge is 0.387 e. The van der Waals surface area contributed by atoms with Crippen LogP contribution in [0.25, 0.3) is 11.3 Å². The third-order valence-electron chi connectivity index (χ3n) is 4.98. The second-order valence-corrected chi connectivity index (χ2v) is 7.06. The average Bonchev–Trinajstić information content (AvgIpc) is 3.30. The molecule has 2 heterocycles. The summed E-state index contributed by atoms with van der Waals surface area (Å²) in [4.78, 5) is 12.4. The summed E-state index contributed by atoms with van der Waals surface area (Å²) in [5.41, 5.74) is 2.38. The first-order valence-corrected chi connectivity index (χ1v) is 9.13. The summed E-state index contributed by atoms with van der Waals surface area (Å²) >= 11 is 0. The highest BCUT2D eigenvalue weighted by Crippen LogP contribution is 2.30. The van der Waals surface area contributed by atoms with Crippen LogP contribution >= 0.6 is 0 Å². The van der Waals surface area contributed by atoms with Crippen molar-refractivity contribution in [1.82, 2.24) is 20.3 Å². The van der Waals surface area contributed by atoms with E-state index in [-0.39, 0.29) is 17.7 Å². The Balaban J connectivity index is 1.29. The minimum absolute atomic E-state index is 0.123. The molecule has 1 aromatic carbocycles. The van der Waals surface area contributed by atoms with Crippen LogP contribution in [0.15, 0.2) is 53.2 Å². The fourth-order valence-corrected chi connectivity index (χ4v) is 3.48. The highest BCUT2D eigenvalue weighted by Gasteiger charge is 2.32. The van der Waals surface area contributed by atoms with Gasteiger partial charge in [-0.05, 0) is 31.7 Å². The zero-order chi connectivity index (χ0) is 18.8. The van der Waals surface area contributed by atoms with Crippen molar-refractivity contribution in [2.45, 2.75) is 38.5 Å². The van der Waals surface area contributed by atoms with E-state index in [1.807, 2.05) is 41.1 Å². The van der Waals surface area contributed by atoms with E-state index < -0.39 is 6.10 Å². The maximum absolute atomic E-state index is 12.4. The molecule has 0 aliphatic heterocycles. The van der Waals surface area contributed by atoms with Crippen molar-refractivity contribution in [2.24, 2.45) is 5.92 Å². The van der Waals surface area contributed by atoms with Crippen LogP contribution in [0, 0.1) is 5.92 Å². The molecule has 1 fully saturated rings. The standard InChI is InChI=1S/C20H22N4O3/c1-13(25)18-7-8-21-24(18)12-14-9-16(10-14)22-20(26)19-11-17(23-27-19)15-5-3-2-4-6-15/h2-8,11,13-14,16,25H,9-10,12H2,1H3,(H,22,26)/t13-,14-,16-/m1/s1. The lowest BCUT2D eigenvalue weighted by Crippen LogP contribution is -2.45. The van der Waals surface area contributed by atoms with Crippen molar-refractivity contribution < 1.29 is 14.4 Å². The van der Waals surface area contributed by atoms with Gasteiger partial charge in [-0.3, -0.25) is 9.48 Å². The molecule has 0 radical (unpaired) electrons. The Bertz CT molecular complexity index is 910. The lowest BCUT2D eigenvalue weighted by atomic mass is 9.80. The van der Waals surface area contributed by atoms with Gasteiger partial charge in [-0.25, -0.2) is 0 Å². The number of benzene rings is 1. The molecule has 0 spiro atoms. The molecule has 1 atom stereocenters. The highest BCUT2D eigenvalue weighted by atomic mass is 16.5. The van der Waals surface area contributed by atoms with E-state index in [0.717, 1.165) is 30.6 Å². The maximum Gasteiger partial charge on any atom is 0.290 e. The van der Waals surface area contributed by atoms with Crippen LogP contribution in [0.4, 0.5) is 0 Å². The smallest absolute Gasteiger partial charge is 0.290 e. The first kappa shape index (κ1) is 17.5. The van der Waals surface area contributed by atoms with Crippen molar-refractivity contribution in [3.8, 4) is 11.3 Å². The molecular weight excluding hydrogens is 344 g/mol. The van der Waals surface area contributed by atoms with Gasteiger partial charge in [0.15, 0.2) is 0 Å². The van der Waals surface area contributed by atoms with Crippen LogP contribution < -0.4 is 5.32 Å². The van der Waals surface area contributed by atoms with E-state index in [4.69, 9.17) is 4.52 Å². The average molecular weight is 366 g/mol. The van der Waals surface area contributed by atoms with Gasteiger partial charge in [0.2, 0.25) is 5.76 Å². The van der Waals surface area contributed by atoms with Gasteiger partial charge in [-0.15, -0.1) is 0 Å². The third kappa shape index (κ3) is 3.78. The second-order valence-electron chi connectivity index (χ2n) is 7.06. The molecule has 7 heteroatoms. The monoisotopic (exact) mass is 366 g/mol. The number of rotatable bonds is 6. The Morgan fingerprint density at radius 2 is 2.11 bits per heavy atom. The molecule has 7 nitrogen and oxygen atoms in total. The van der Waals surface area contributed by atoms with Crippen molar-refractivity contribution in [3.63, 3.8) is 0 Å². The quantitative estimate of drug-likeness (QED) is 0.700. The van der Waals surface area contributed by atoms with Gasteiger partial charge in [-0.1, -0.05) is 35.5 Å².